The minimum absolute atomic E-state index is 0.0163. The number of hydrogen-bond acceptors (Lipinski definition) is 4. The van der Waals surface area contributed by atoms with E-state index in [1.807, 2.05) is 19.1 Å². The maximum Gasteiger partial charge on any atom is 0.243 e. The third-order valence-corrected chi connectivity index (χ3v) is 7.91. The summed E-state index contributed by atoms with van der Waals surface area (Å²) >= 11 is 0. The van der Waals surface area contributed by atoms with E-state index in [1.54, 1.807) is 11.0 Å². The first-order chi connectivity index (χ1) is 15.3. The largest absolute Gasteiger partial charge is 0.326 e. The zero-order chi connectivity index (χ0) is 22.9. The smallest absolute Gasteiger partial charge is 0.243 e. The fraction of sp³-hybridized carbons (Fsp3) is 0.391. The number of benzene rings is 2. The van der Waals surface area contributed by atoms with Crippen molar-refractivity contribution >= 4 is 33.2 Å². The summed E-state index contributed by atoms with van der Waals surface area (Å²) in [7, 11) is -3.80. The SMILES string of the molecule is Cc1cc(NC(=O)[C@H]2CCCN(S(=O)(=O)c3ccc(F)cc3)C2)ccc1N1CCCC1=O. The number of carbonyl (C=O) groups excluding carboxylic acids is 2. The van der Waals surface area contributed by atoms with Crippen LogP contribution >= 0.6 is 0 Å². The Balaban J connectivity index is 1.44. The van der Waals surface area contributed by atoms with E-state index in [0.29, 0.717) is 38.0 Å². The second-order valence-electron chi connectivity index (χ2n) is 8.30. The fourth-order valence-corrected chi connectivity index (χ4v) is 5.84. The van der Waals surface area contributed by atoms with Gasteiger partial charge in [-0.25, -0.2) is 12.8 Å². The Labute approximate surface area is 187 Å². The second kappa shape index (κ2) is 8.99. The van der Waals surface area contributed by atoms with Crippen molar-refractivity contribution in [3.63, 3.8) is 0 Å². The van der Waals surface area contributed by atoms with Crippen LogP contribution in [-0.4, -0.2) is 44.2 Å². The van der Waals surface area contributed by atoms with Gasteiger partial charge >= 0.3 is 0 Å². The highest BCUT2D eigenvalue weighted by Gasteiger charge is 2.33. The predicted octanol–water partition coefficient (Wildman–Crippen LogP) is 3.30. The first-order valence-electron chi connectivity index (χ1n) is 10.7. The molecule has 0 aromatic heterocycles. The molecule has 1 atom stereocenters. The average molecular weight is 460 g/mol. The lowest BCUT2D eigenvalue weighted by molar-refractivity contribution is -0.121. The van der Waals surface area contributed by atoms with E-state index >= 15 is 0 Å². The molecule has 7 nitrogen and oxygen atoms in total. The molecule has 0 bridgehead atoms. The van der Waals surface area contributed by atoms with Gasteiger partial charge in [-0.1, -0.05) is 0 Å². The van der Waals surface area contributed by atoms with Gasteiger partial charge in [-0.2, -0.15) is 4.31 Å². The summed E-state index contributed by atoms with van der Waals surface area (Å²) in [4.78, 5) is 26.7. The van der Waals surface area contributed by atoms with Gasteiger partial charge in [0, 0.05) is 37.4 Å². The molecule has 32 heavy (non-hydrogen) atoms. The van der Waals surface area contributed by atoms with Crippen LogP contribution in [0, 0.1) is 18.7 Å². The molecule has 0 unspecified atom stereocenters. The van der Waals surface area contributed by atoms with Gasteiger partial charge in [0.15, 0.2) is 0 Å². The van der Waals surface area contributed by atoms with Crippen LogP contribution in [0.15, 0.2) is 47.4 Å². The molecule has 0 radical (unpaired) electrons. The third kappa shape index (κ3) is 4.54. The van der Waals surface area contributed by atoms with Gasteiger partial charge in [-0.05, 0) is 74.2 Å². The Hall–Kier alpha value is -2.78. The first kappa shape index (κ1) is 22.4. The minimum atomic E-state index is -3.80. The number of piperidine rings is 1. The van der Waals surface area contributed by atoms with E-state index in [4.69, 9.17) is 0 Å². The van der Waals surface area contributed by atoms with Crippen molar-refractivity contribution in [2.45, 2.75) is 37.5 Å². The predicted molar refractivity (Wildman–Crippen MR) is 119 cm³/mol. The van der Waals surface area contributed by atoms with Crippen LogP contribution in [0.4, 0.5) is 15.8 Å². The molecule has 170 valence electrons. The summed E-state index contributed by atoms with van der Waals surface area (Å²) < 4.78 is 40.3. The topological polar surface area (TPSA) is 86.8 Å². The molecule has 0 spiro atoms. The van der Waals surface area contributed by atoms with Crippen molar-refractivity contribution in [3.8, 4) is 0 Å². The van der Waals surface area contributed by atoms with Gasteiger partial charge < -0.3 is 10.2 Å². The van der Waals surface area contributed by atoms with Gasteiger partial charge in [0.05, 0.1) is 10.8 Å². The van der Waals surface area contributed by atoms with Crippen molar-refractivity contribution in [2.24, 2.45) is 5.92 Å². The maximum atomic E-state index is 13.2. The van der Waals surface area contributed by atoms with Crippen molar-refractivity contribution in [1.29, 1.82) is 0 Å². The van der Waals surface area contributed by atoms with Crippen LogP contribution < -0.4 is 10.2 Å². The molecule has 0 saturated carbocycles. The van der Waals surface area contributed by atoms with Crippen LogP contribution in [0.3, 0.4) is 0 Å². The molecule has 0 aliphatic carbocycles. The summed E-state index contributed by atoms with van der Waals surface area (Å²) in [6, 6.07) is 10.1. The van der Waals surface area contributed by atoms with Gasteiger partial charge in [0.25, 0.3) is 0 Å². The zero-order valence-corrected chi connectivity index (χ0v) is 18.7. The van der Waals surface area contributed by atoms with Crippen LogP contribution in [0.1, 0.15) is 31.2 Å². The Morgan fingerprint density at radius 2 is 1.84 bits per heavy atom. The number of aryl methyl sites for hydroxylation is 1. The van der Waals surface area contributed by atoms with E-state index in [0.717, 1.165) is 29.8 Å². The molecule has 2 saturated heterocycles. The number of hydrogen-bond donors (Lipinski definition) is 1. The molecular weight excluding hydrogens is 433 g/mol. The lowest BCUT2D eigenvalue weighted by atomic mass is 9.98. The minimum Gasteiger partial charge on any atom is -0.326 e. The Morgan fingerprint density at radius 1 is 1.09 bits per heavy atom. The van der Waals surface area contributed by atoms with E-state index in [9.17, 15) is 22.4 Å². The van der Waals surface area contributed by atoms with Gasteiger partial charge in [0.2, 0.25) is 21.8 Å². The van der Waals surface area contributed by atoms with E-state index in [1.165, 1.54) is 16.4 Å². The van der Waals surface area contributed by atoms with Crippen molar-refractivity contribution in [2.75, 3.05) is 29.9 Å². The molecule has 9 heteroatoms. The number of rotatable bonds is 5. The number of sulfonamides is 1. The van der Waals surface area contributed by atoms with Crippen LogP contribution in [0.25, 0.3) is 0 Å². The van der Waals surface area contributed by atoms with Crippen LogP contribution in [-0.2, 0) is 19.6 Å². The standard InChI is InChI=1S/C23H26FN3O4S/c1-16-14-19(8-11-21(16)27-13-3-5-22(27)28)25-23(29)17-4-2-12-26(15-17)32(30,31)20-9-6-18(24)7-10-20/h6-11,14,17H,2-5,12-13,15H2,1H3,(H,25,29)/t17-/m0/s1. The van der Waals surface area contributed by atoms with Crippen LogP contribution in [0.5, 0.6) is 0 Å². The van der Waals surface area contributed by atoms with Crippen molar-refractivity contribution in [1.82, 2.24) is 4.31 Å². The van der Waals surface area contributed by atoms with E-state index in [-0.39, 0.29) is 23.3 Å². The highest BCUT2D eigenvalue weighted by atomic mass is 32.2. The summed E-state index contributed by atoms with van der Waals surface area (Å²) in [5.74, 6) is -1.13. The number of nitrogens with zero attached hydrogens (tertiary/aromatic N) is 2. The second-order valence-corrected chi connectivity index (χ2v) is 10.2. The Kier molecular flexibility index (Phi) is 6.30. The molecule has 4 rings (SSSR count). The zero-order valence-electron chi connectivity index (χ0n) is 17.9. The van der Waals surface area contributed by atoms with Gasteiger partial charge in [0.1, 0.15) is 5.82 Å². The molecule has 2 amide bonds. The van der Waals surface area contributed by atoms with Gasteiger partial charge in [-0.15, -0.1) is 0 Å². The number of halogens is 1. The molecule has 2 fully saturated rings. The number of anilines is 2. The van der Waals surface area contributed by atoms with Crippen molar-refractivity contribution < 1.29 is 22.4 Å². The quantitative estimate of drug-likeness (QED) is 0.743. The summed E-state index contributed by atoms with van der Waals surface area (Å²) in [5.41, 5.74) is 2.35. The number of carbonyl (C=O) groups is 2. The molecular formula is C23H26FN3O4S. The number of nitrogens with one attached hydrogen (secondary N) is 1. The Bertz CT molecular complexity index is 1130. The van der Waals surface area contributed by atoms with Crippen LogP contribution in [0.2, 0.25) is 0 Å². The summed E-state index contributed by atoms with van der Waals surface area (Å²) in [5, 5.41) is 2.89. The molecule has 2 aliphatic rings. The highest BCUT2D eigenvalue weighted by molar-refractivity contribution is 7.89. The maximum absolute atomic E-state index is 13.2. The normalized spacial score (nSPS) is 19.9. The highest BCUT2D eigenvalue weighted by Crippen LogP contribution is 2.29. The average Bonchev–Trinajstić information content (AvgIpc) is 3.20. The monoisotopic (exact) mass is 459 g/mol. The number of amides is 2. The Morgan fingerprint density at radius 3 is 2.50 bits per heavy atom. The third-order valence-electron chi connectivity index (χ3n) is 6.03. The lowest BCUT2D eigenvalue weighted by Crippen LogP contribution is -2.43. The van der Waals surface area contributed by atoms with E-state index in [2.05, 4.69) is 5.32 Å². The fourth-order valence-electron chi connectivity index (χ4n) is 4.31. The van der Waals surface area contributed by atoms with Crippen molar-refractivity contribution in [3.05, 3.63) is 53.8 Å². The van der Waals surface area contributed by atoms with Gasteiger partial charge in [-0.3, -0.25) is 9.59 Å². The molecule has 2 aromatic rings. The first-order valence-corrected chi connectivity index (χ1v) is 12.2. The molecule has 2 aromatic carbocycles. The molecule has 2 aliphatic heterocycles. The molecule has 1 N–H and O–H groups in total. The van der Waals surface area contributed by atoms with E-state index < -0.39 is 21.8 Å². The lowest BCUT2D eigenvalue weighted by Gasteiger charge is -2.31. The summed E-state index contributed by atoms with van der Waals surface area (Å²) in [6.07, 6.45) is 2.54. The summed E-state index contributed by atoms with van der Waals surface area (Å²) in [6.45, 7) is 2.99. The molecule has 2 heterocycles.